The minimum Gasteiger partial charge on any atom is -0.478 e. The van der Waals surface area contributed by atoms with Crippen molar-refractivity contribution in [3.63, 3.8) is 0 Å². The number of aromatic carboxylic acids is 2. The molecule has 1 aromatic rings. The number of benzene rings is 1. The average molecular weight is 284 g/mol. The van der Waals surface area contributed by atoms with Crippen LogP contribution in [0.25, 0.3) is 0 Å². The first-order chi connectivity index (χ1) is 9.09. The monoisotopic (exact) mass is 284 g/mol. The summed E-state index contributed by atoms with van der Waals surface area (Å²) in [5.74, 6) is -3.12. The van der Waals surface area contributed by atoms with Crippen molar-refractivity contribution < 1.29 is 29.4 Å². The summed E-state index contributed by atoms with van der Waals surface area (Å²) in [6.07, 6.45) is 0. The molecule has 0 fully saturated rings. The lowest BCUT2D eigenvalue weighted by Gasteiger charge is -1.98. The highest BCUT2D eigenvalue weighted by Crippen LogP contribution is 2.07. The molecule has 0 aliphatic carbocycles. The van der Waals surface area contributed by atoms with Crippen molar-refractivity contribution in [1.29, 1.82) is 0 Å². The molecule has 0 radical (unpaired) electrons. The third-order valence-electron chi connectivity index (χ3n) is 1.39. The fraction of sp³-hybridized carbons (Fsp3) is 0.167. The maximum atomic E-state index is 10.5. The molecule has 0 saturated heterocycles. The van der Waals surface area contributed by atoms with Gasteiger partial charge in [-0.25, -0.2) is 9.59 Å². The second kappa shape index (κ2) is 10.1. The van der Waals surface area contributed by atoms with Crippen molar-refractivity contribution in [2.24, 2.45) is 11.5 Å². The second-order valence-corrected chi connectivity index (χ2v) is 3.38. The first kappa shape index (κ1) is 19.4. The third kappa shape index (κ3) is 11.6. The van der Waals surface area contributed by atoms with Crippen molar-refractivity contribution in [1.82, 2.24) is 0 Å². The van der Waals surface area contributed by atoms with E-state index in [1.54, 1.807) is 0 Å². The van der Waals surface area contributed by atoms with Crippen LogP contribution in [0.4, 0.5) is 0 Å². The highest BCUT2D eigenvalue weighted by molar-refractivity contribution is 6.01. The molecule has 0 saturated carbocycles. The fourth-order valence-corrected chi connectivity index (χ4v) is 0.856. The summed E-state index contributed by atoms with van der Waals surface area (Å²) < 4.78 is 0. The Morgan fingerprint density at radius 3 is 1.15 bits per heavy atom. The summed E-state index contributed by atoms with van der Waals surface area (Å²) in [6.45, 7) is 2.61. The third-order valence-corrected chi connectivity index (χ3v) is 1.39. The van der Waals surface area contributed by atoms with E-state index in [9.17, 15) is 19.2 Å². The van der Waals surface area contributed by atoms with Gasteiger partial charge >= 0.3 is 11.9 Å². The van der Waals surface area contributed by atoms with Crippen molar-refractivity contribution in [3.8, 4) is 0 Å². The van der Waals surface area contributed by atoms with Crippen LogP contribution in [-0.2, 0) is 9.59 Å². The van der Waals surface area contributed by atoms with E-state index in [0.29, 0.717) is 0 Å². The maximum absolute atomic E-state index is 10.5. The van der Waals surface area contributed by atoms with E-state index in [2.05, 4.69) is 11.5 Å². The second-order valence-electron chi connectivity index (χ2n) is 3.38. The van der Waals surface area contributed by atoms with Crippen LogP contribution in [0, 0.1) is 0 Å². The summed E-state index contributed by atoms with van der Waals surface area (Å²) in [6, 6.07) is 5.48. The molecule has 0 bridgehead atoms. The first-order valence-electron chi connectivity index (χ1n) is 5.17. The van der Waals surface area contributed by atoms with Gasteiger partial charge in [-0.1, -0.05) is 12.1 Å². The Morgan fingerprint density at radius 2 is 1.00 bits per heavy atom. The van der Waals surface area contributed by atoms with Gasteiger partial charge in [0.25, 0.3) is 0 Å². The van der Waals surface area contributed by atoms with Gasteiger partial charge in [0, 0.05) is 13.8 Å². The zero-order chi connectivity index (χ0) is 16.3. The number of hydrogen-bond donors (Lipinski definition) is 4. The molecule has 0 aliphatic rings. The molecule has 8 nitrogen and oxygen atoms in total. The lowest BCUT2D eigenvalue weighted by Crippen LogP contribution is -2.06. The van der Waals surface area contributed by atoms with Gasteiger partial charge in [0.2, 0.25) is 11.8 Å². The van der Waals surface area contributed by atoms with Gasteiger partial charge in [-0.05, 0) is 12.1 Å². The highest BCUT2D eigenvalue weighted by atomic mass is 16.4. The minimum atomic E-state index is -1.23. The van der Waals surface area contributed by atoms with Crippen LogP contribution in [-0.4, -0.2) is 34.0 Å². The van der Waals surface area contributed by atoms with Gasteiger partial charge in [0.15, 0.2) is 0 Å². The van der Waals surface area contributed by atoms with Crippen LogP contribution in [0.2, 0.25) is 0 Å². The molecule has 8 heteroatoms. The molecule has 0 heterocycles. The Morgan fingerprint density at radius 1 is 0.800 bits per heavy atom. The Hall–Kier alpha value is -2.90. The molecular formula is C12H16N2O6. The van der Waals surface area contributed by atoms with E-state index in [1.807, 2.05) is 0 Å². The number of nitrogens with two attached hydrogens (primary N) is 2. The largest absolute Gasteiger partial charge is 0.478 e. The molecule has 0 unspecified atom stereocenters. The maximum Gasteiger partial charge on any atom is 0.336 e. The van der Waals surface area contributed by atoms with Crippen LogP contribution in [0.5, 0.6) is 0 Å². The van der Waals surface area contributed by atoms with Crippen molar-refractivity contribution >= 4 is 23.8 Å². The predicted molar refractivity (Wildman–Crippen MR) is 70.1 cm³/mol. The standard InChI is InChI=1S/C8H6O4.2C2H5NO/c9-7(10)5-3-1-2-4-6(5)8(11)12;2*1-2(3)4/h1-4H,(H,9,10)(H,11,12);2*1H3,(H2,3,4). The van der Waals surface area contributed by atoms with Crippen LogP contribution < -0.4 is 11.5 Å². The molecule has 2 amide bonds. The molecule has 1 aromatic carbocycles. The quantitative estimate of drug-likeness (QED) is 0.600. The zero-order valence-electron chi connectivity index (χ0n) is 11.0. The smallest absolute Gasteiger partial charge is 0.336 e. The minimum absolute atomic E-state index is 0.190. The number of amides is 2. The van der Waals surface area contributed by atoms with Gasteiger partial charge in [-0.2, -0.15) is 0 Å². The van der Waals surface area contributed by atoms with Crippen molar-refractivity contribution in [2.45, 2.75) is 13.8 Å². The summed E-state index contributed by atoms with van der Waals surface area (Å²) in [5, 5.41) is 17.1. The number of hydrogen-bond acceptors (Lipinski definition) is 4. The molecule has 0 aromatic heterocycles. The Balaban J connectivity index is 0. The molecule has 20 heavy (non-hydrogen) atoms. The van der Waals surface area contributed by atoms with E-state index in [-0.39, 0.29) is 22.9 Å². The van der Waals surface area contributed by atoms with Gasteiger partial charge in [0.1, 0.15) is 0 Å². The summed E-state index contributed by atoms with van der Waals surface area (Å²) in [4.78, 5) is 39.4. The Bertz CT molecular complexity index is 445. The molecule has 0 spiro atoms. The number of carbonyl (C=O) groups is 4. The Kier molecular flexibility index (Phi) is 9.78. The lowest BCUT2D eigenvalue weighted by atomic mass is 10.1. The van der Waals surface area contributed by atoms with Gasteiger partial charge in [-0.15, -0.1) is 0 Å². The van der Waals surface area contributed by atoms with Crippen LogP contribution in [0.3, 0.4) is 0 Å². The molecule has 1 rings (SSSR count). The summed E-state index contributed by atoms with van der Waals surface area (Å²) in [5.41, 5.74) is 8.56. The van der Waals surface area contributed by atoms with E-state index >= 15 is 0 Å². The van der Waals surface area contributed by atoms with Crippen LogP contribution in [0.15, 0.2) is 24.3 Å². The van der Waals surface area contributed by atoms with Crippen molar-refractivity contribution in [3.05, 3.63) is 35.4 Å². The summed E-state index contributed by atoms with van der Waals surface area (Å²) >= 11 is 0. The zero-order valence-corrected chi connectivity index (χ0v) is 11.0. The van der Waals surface area contributed by atoms with Gasteiger partial charge in [0.05, 0.1) is 11.1 Å². The molecule has 6 N–H and O–H groups in total. The molecule has 0 atom stereocenters. The van der Waals surface area contributed by atoms with Gasteiger partial charge in [-0.3, -0.25) is 9.59 Å². The van der Waals surface area contributed by atoms with E-state index in [0.717, 1.165) is 0 Å². The van der Waals surface area contributed by atoms with Gasteiger partial charge < -0.3 is 21.7 Å². The number of rotatable bonds is 2. The number of primary amides is 2. The SMILES string of the molecule is CC(N)=O.CC(N)=O.O=C(O)c1ccccc1C(=O)O. The van der Waals surface area contributed by atoms with Crippen LogP contribution in [0.1, 0.15) is 34.6 Å². The topological polar surface area (TPSA) is 161 Å². The van der Waals surface area contributed by atoms with Crippen molar-refractivity contribution in [2.75, 3.05) is 0 Å². The van der Waals surface area contributed by atoms with Crippen LogP contribution >= 0.6 is 0 Å². The number of carboxylic acid groups (broad SMARTS) is 2. The molecule has 110 valence electrons. The van der Waals surface area contributed by atoms with E-state index in [1.165, 1.54) is 38.1 Å². The fourth-order valence-electron chi connectivity index (χ4n) is 0.856. The Labute approximate surface area is 115 Å². The molecule has 0 aliphatic heterocycles. The molecular weight excluding hydrogens is 268 g/mol. The lowest BCUT2D eigenvalue weighted by molar-refractivity contribution is -0.116. The van der Waals surface area contributed by atoms with E-state index in [4.69, 9.17) is 10.2 Å². The number of carboxylic acids is 2. The number of carbonyl (C=O) groups excluding carboxylic acids is 2. The highest BCUT2D eigenvalue weighted by Gasteiger charge is 2.13. The normalized spacial score (nSPS) is 8.10. The summed E-state index contributed by atoms with van der Waals surface area (Å²) in [7, 11) is 0. The average Bonchev–Trinajstić information content (AvgIpc) is 2.27. The van der Waals surface area contributed by atoms with E-state index < -0.39 is 11.9 Å². The first-order valence-corrected chi connectivity index (χ1v) is 5.17. The predicted octanol–water partition coefficient (Wildman–Crippen LogP) is 0.0662.